The Morgan fingerprint density at radius 1 is 1.32 bits per heavy atom. The Bertz CT molecular complexity index is 596. The van der Waals surface area contributed by atoms with Crippen molar-refractivity contribution >= 4 is 17.6 Å². The molecule has 0 radical (unpaired) electrons. The molecule has 0 saturated heterocycles. The lowest BCUT2D eigenvalue weighted by molar-refractivity contribution is -0.384. The maximum Gasteiger partial charge on any atom is 0.338 e. The molecule has 22 heavy (non-hydrogen) atoms. The Labute approximate surface area is 127 Å². The molecule has 1 aliphatic carbocycles. The summed E-state index contributed by atoms with van der Waals surface area (Å²) >= 11 is 0. The van der Waals surface area contributed by atoms with E-state index < -0.39 is 16.8 Å². The zero-order chi connectivity index (χ0) is 16.1. The number of hydrogen-bond acceptors (Lipinski definition) is 5. The molecule has 1 fully saturated rings. The number of nitrogens with zero attached hydrogens (tertiary/aromatic N) is 1. The van der Waals surface area contributed by atoms with E-state index in [1.165, 1.54) is 18.6 Å². The van der Waals surface area contributed by atoms with Crippen molar-refractivity contribution in [1.82, 2.24) is 5.32 Å². The highest BCUT2D eigenvalue weighted by Crippen LogP contribution is 2.25. The normalized spacial score (nSPS) is 14.0. The van der Waals surface area contributed by atoms with Crippen LogP contribution in [0.15, 0.2) is 18.2 Å². The summed E-state index contributed by atoms with van der Waals surface area (Å²) < 4.78 is 4.83. The van der Waals surface area contributed by atoms with Crippen molar-refractivity contribution in [2.45, 2.75) is 26.2 Å². The van der Waals surface area contributed by atoms with E-state index in [2.05, 4.69) is 5.32 Å². The lowest BCUT2D eigenvalue weighted by atomic mass is 9.85. The number of ether oxygens (including phenoxy) is 1. The number of non-ortho nitro benzene ring substituents is 1. The number of carbonyl (C=O) groups is 2. The van der Waals surface area contributed by atoms with Gasteiger partial charge in [-0.2, -0.15) is 0 Å². The highest BCUT2D eigenvalue weighted by molar-refractivity contribution is 5.99. The van der Waals surface area contributed by atoms with Gasteiger partial charge < -0.3 is 10.1 Å². The Morgan fingerprint density at radius 3 is 2.55 bits per heavy atom. The number of carbonyl (C=O) groups excluding carboxylic acids is 2. The highest BCUT2D eigenvalue weighted by Gasteiger charge is 2.21. The topological polar surface area (TPSA) is 98.5 Å². The fourth-order valence-corrected chi connectivity index (χ4v) is 2.22. The van der Waals surface area contributed by atoms with Crippen molar-refractivity contribution in [2.75, 3.05) is 13.2 Å². The average molecular weight is 306 g/mol. The minimum atomic E-state index is -0.681. The van der Waals surface area contributed by atoms with Gasteiger partial charge in [-0.15, -0.1) is 0 Å². The van der Waals surface area contributed by atoms with Crippen LogP contribution in [0.25, 0.3) is 0 Å². The van der Waals surface area contributed by atoms with Crippen LogP contribution in [0, 0.1) is 16.0 Å². The number of nitrogens with one attached hydrogen (secondary N) is 1. The van der Waals surface area contributed by atoms with Crippen LogP contribution in [-0.2, 0) is 4.74 Å². The zero-order valence-corrected chi connectivity index (χ0v) is 12.3. The smallest absolute Gasteiger partial charge is 0.338 e. The fourth-order valence-electron chi connectivity index (χ4n) is 2.22. The molecule has 1 saturated carbocycles. The average Bonchev–Trinajstić information content (AvgIpc) is 2.45. The van der Waals surface area contributed by atoms with E-state index in [1.807, 2.05) is 0 Å². The first-order valence-corrected chi connectivity index (χ1v) is 7.26. The molecule has 7 heteroatoms. The molecule has 0 heterocycles. The van der Waals surface area contributed by atoms with Crippen LogP contribution in [-0.4, -0.2) is 30.0 Å². The van der Waals surface area contributed by atoms with Gasteiger partial charge in [0.05, 0.1) is 17.1 Å². The summed E-state index contributed by atoms with van der Waals surface area (Å²) in [5.74, 6) is -0.618. The molecule has 0 bridgehead atoms. The summed E-state index contributed by atoms with van der Waals surface area (Å²) in [4.78, 5) is 34.2. The Kier molecular flexibility index (Phi) is 5.08. The first-order chi connectivity index (χ1) is 10.5. The molecule has 1 N–H and O–H groups in total. The second-order valence-electron chi connectivity index (χ2n) is 5.25. The molecule has 0 unspecified atom stereocenters. The van der Waals surface area contributed by atoms with Gasteiger partial charge in [-0.25, -0.2) is 4.79 Å². The van der Waals surface area contributed by atoms with Crippen molar-refractivity contribution < 1.29 is 19.2 Å². The monoisotopic (exact) mass is 306 g/mol. The number of benzene rings is 1. The van der Waals surface area contributed by atoms with Gasteiger partial charge in [-0.3, -0.25) is 14.9 Å². The lowest BCUT2D eigenvalue weighted by Crippen LogP contribution is -2.32. The second-order valence-corrected chi connectivity index (χ2v) is 5.25. The molecule has 0 spiro atoms. The maximum absolute atomic E-state index is 12.1. The predicted octanol–water partition coefficient (Wildman–Crippen LogP) is 2.30. The SMILES string of the molecule is CCOC(=O)c1cc(C(=O)NCC2CCC2)cc([N+](=O)[O-])c1. The van der Waals surface area contributed by atoms with Crippen LogP contribution in [0.5, 0.6) is 0 Å². The molecule has 7 nitrogen and oxygen atoms in total. The molecule has 1 aromatic carbocycles. The standard InChI is InChI=1S/C15H18N2O5/c1-2-22-15(19)12-6-11(7-13(8-12)17(20)21)14(18)16-9-10-4-3-5-10/h6-8,10H,2-5,9H2,1H3,(H,16,18). The van der Waals surface area contributed by atoms with Crippen LogP contribution in [0.4, 0.5) is 5.69 Å². The summed E-state index contributed by atoms with van der Waals surface area (Å²) in [5.41, 5.74) is -0.208. The minimum absolute atomic E-state index is 0.00449. The van der Waals surface area contributed by atoms with E-state index in [4.69, 9.17) is 4.74 Å². The number of rotatable bonds is 6. The third-order valence-corrected chi connectivity index (χ3v) is 3.68. The molecular formula is C15H18N2O5. The van der Waals surface area contributed by atoms with Crippen molar-refractivity contribution in [2.24, 2.45) is 5.92 Å². The quantitative estimate of drug-likeness (QED) is 0.494. The second kappa shape index (κ2) is 7.02. The molecule has 1 aliphatic rings. The van der Waals surface area contributed by atoms with Crippen LogP contribution in [0.3, 0.4) is 0 Å². The van der Waals surface area contributed by atoms with Gasteiger partial charge in [0.1, 0.15) is 0 Å². The highest BCUT2D eigenvalue weighted by atomic mass is 16.6. The van der Waals surface area contributed by atoms with Gasteiger partial charge in [0.25, 0.3) is 11.6 Å². The predicted molar refractivity (Wildman–Crippen MR) is 78.7 cm³/mol. The van der Waals surface area contributed by atoms with Gasteiger partial charge in [0.15, 0.2) is 0 Å². The summed E-state index contributed by atoms with van der Waals surface area (Å²) in [6.45, 7) is 2.35. The Balaban J connectivity index is 2.18. The maximum atomic E-state index is 12.1. The number of hydrogen-bond donors (Lipinski definition) is 1. The zero-order valence-electron chi connectivity index (χ0n) is 12.3. The molecule has 1 aromatic rings. The fraction of sp³-hybridized carbons (Fsp3) is 0.467. The minimum Gasteiger partial charge on any atom is -0.462 e. The molecule has 0 atom stereocenters. The van der Waals surface area contributed by atoms with E-state index in [0.717, 1.165) is 18.9 Å². The molecular weight excluding hydrogens is 288 g/mol. The van der Waals surface area contributed by atoms with E-state index in [0.29, 0.717) is 12.5 Å². The van der Waals surface area contributed by atoms with Crippen LogP contribution >= 0.6 is 0 Å². The summed E-state index contributed by atoms with van der Waals surface area (Å²) in [6.07, 6.45) is 3.34. The summed E-state index contributed by atoms with van der Waals surface area (Å²) in [5, 5.41) is 13.7. The van der Waals surface area contributed by atoms with Crippen molar-refractivity contribution in [1.29, 1.82) is 0 Å². The molecule has 2 rings (SSSR count). The van der Waals surface area contributed by atoms with Crippen LogP contribution in [0.1, 0.15) is 46.9 Å². The van der Waals surface area contributed by atoms with E-state index >= 15 is 0 Å². The van der Waals surface area contributed by atoms with E-state index in [-0.39, 0.29) is 23.4 Å². The van der Waals surface area contributed by atoms with Crippen molar-refractivity contribution in [3.05, 3.63) is 39.4 Å². The lowest BCUT2D eigenvalue weighted by Gasteiger charge is -2.25. The van der Waals surface area contributed by atoms with E-state index in [9.17, 15) is 19.7 Å². The molecule has 0 aromatic heterocycles. The first-order valence-electron chi connectivity index (χ1n) is 7.26. The van der Waals surface area contributed by atoms with Gasteiger partial charge >= 0.3 is 5.97 Å². The van der Waals surface area contributed by atoms with Crippen LogP contribution in [0.2, 0.25) is 0 Å². The first kappa shape index (κ1) is 15.9. The summed E-state index contributed by atoms with van der Waals surface area (Å²) in [6, 6.07) is 3.60. The number of amides is 1. The Hall–Kier alpha value is -2.44. The van der Waals surface area contributed by atoms with Crippen molar-refractivity contribution in [3.63, 3.8) is 0 Å². The molecule has 118 valence electrons. The van der Waals surface area contributed by atoms with Crippen LogP contribution < -0.4 is 5.32 Å². The summed E-state index contributed by atoms with van der Waals surface area (Å²) in [7, 11) is 0. The largest absolute Gasteiger partial charge is 0.462 e. The van der Waals surface area contributed by atoms with Gasteiger partial charge in [0.2, 0.25) is 0 Å². The van der Waals surface area contributed by atoms with Gasteiger partial charge in [-0.1, -0.05) is 6.42 Å². The third-order valence-electron chi connectivity index (χ3n) is 3.68. The van der Waals surface area contributed by atoms with E-state index in [1.54, 1.807) is 6.92 Å². The number of esters is 1. The Morgan fingerprint density at radius 2 is 2.00 bits per heavy atom. The molecule has 0 aliphatic heterocycles. The van der Waals surface area contributed by atoms with Crippen molar-refractivity contribution in [3.8, 4) is 0 Å². The number of nitro benzene ring substituents is 1. The molecule has 1 amide bonds. The van der Waals surface area contributed by atoms with Gasteiger partial charge in [0, 0.05) is 24.2 Å². The van der Waals surface area contributed by atoms with Gasteiger partial charge in [-0.05, 0) is 31.7 Å². The number of nitro groups is 1. The third kappa shape index (κ3) is 3.81.